The second-order valence-electron chi connectivity index (χ2n) is 3.82. The molecular weight excluding hydrogens is 182 g/mol. The van der Waals surface area contributed by atoms with Gasteiger partial charge >= 0.3 is 0 Å². The molecule has 15 heavy (non-hydrogen) atoms. The lowest BCUT2D eigenvalue weighted by Crippen LogP contribution is -1.77. The second-order valence-corrected chi connectivity index (χ2v) is 3.82. The van der Waals surface area contributed by atoms with Crippen molar-refractivity contribution in [2.24, 2.45) is 0 Å². The van der Waals surface area contributed by atoms with Crippen molar-refractivity contribution in [1.82, 2.24) is 4.98 Å². The van der Waals surface area contributed by atoms with Gasteiger partial charge in [-0.3, -0.25) is 0 Å². The zero-order valence-corrected chi connectivity index (χ0v) is 8.95. The van der Waals surface area contributed by atoms with Crippen LogP contribution in [0.25, 0.3) is 10.9 Å². The third-order valence-electron chi connectivity index (χ3n) is 2.62. The number of hydrogen-bond acceptors (Lipinski definition) is 0. The van der Waals surface area contributed by atoms with E-state index >= 15 is 0 Å². The number of allylic oxidation sites excluding steroid dienone is 2. The SMILES string of the molecule is C1=CCCCC1.c1ccc2[nH]ccc2c1. The monoisotopic (exact) mass is 199 g/mol. The van der Waals surface area contributed by atoms with E-state index in [4.69, 9.17) is 0 Å². The van der Waals surface area contributed by atoms with Crippen molar-refractivity contribution in [2.75, 3.05) is 0 Å². The first-order chi connectivity index (χ1) is 7.47. The molecule has 78 valence electrons. The summed E-state index contributed by atoms with van der Waals surface area (Å²) < 4.78 is 0. The van der Waals surface area contributed by atoms with Gasteiger partial charge in [0.2, 0.25) is 0 Å². The highest BCUT2D eigenvalue weighted by atomic mass is 14.6. The van der Waals surface area contributed by atoms with E-state index in [1.54, 1.807) is 0 Å². The Morgan fingerprint density at radius 3 is 2.20 bits per heavy atom. The molecule has 0 fully saturated rings. The van der Waals surface area contributed by atoms with Crippen LogP contribution < -0.4 is 0 Å². The van der Waals surface area contributed by atoms with Gasteiger partial charge in [-0.1, -0.05) is 30.4 Å². The van der Waals surface area contributed by atoms with Crippen LogP contribution in [0.3, 0.4) is 0 Å². The quantitative estimate of drug-likeness (QED) is 0.609. The first-order valence-corrected chi connectivity index (χ1v) is 5.64. The Morgan fingerprint density at radius 1 is 0.867 bits per heavy atom. The topological polar surface area (TPSA) is 15.8 Å². The fraction of sp³-hybridized carbons (Fsp3) is 0.286. The molecule has 0 spiro atoms. The van der Waals surface area contributed by atoms with E-state index in [0.29, 0.717) is 0 Å². The van der Waals surface area contributed by atoms with E-state index in [2.05, 4.69) is 35.3 Å². The van der Waals surface area contributed by atoms with Gasteiger partial charge in [0.25, 0.3) is 0 Å². The summed E-state index contributed by atoms with van der Waals surface area (Å²) in [6, 6.07) is 10.3. The Balaban J connectivity index is 0.000000124. The summed E-state index contributed by atoms with van der Waals surface area (Å²) in [7, 11) is 0. The summed E-state index contributed by atoms with van der Waals surface area (Å²) in [4.78, 5) is 3.12. The highest BCUT2D eigenvalue weighted by molar-refractivity contribution is 5.78. The maximum absolute atomic E-state index is 3.12. The first kappa shape index (κ1) is 10.0. The number of rotatable bonds is 0. The van der Waals surface area contributed by atoms with Crippen LogP contribution in [0.4, 0.5) is 0 Å². The fourth-order valence-electron chi connectivity index (χ4n) is 1.76. The van der Waals surface area contributed by atoms with E-state index in [-0.39, 0.29) is 0 Å². The predicted molar refractivity (Wildman–Crippen MR) is 65.9 cm³/mol. The lowest BCUT2D eigenvalue weighted by atomic mass is 10.1. The Kier molecular flexibility index (Phi) is 3.61. The van der Waals surface area contributed by atoms with E-state index in [1.807, 2.05) is 18.3 Å². The molecule has 1 nitrogen and oxygen atoms in total. The summed E-state index contributed by atoms with van der Waals surface area (Å²) in [6.07, 6.45) is 11.9. The van der Waals surface area contributed by atoms with Gasteiger partial charge in [-0.2, -0.15) is 0 Å². The minimum Gasteiger partial charge on any atom is -0.361 e. The number of aromatic amines is 1. The molecule has 0 bridgehead atoms. The van der Waals surface area contributed by atoms with Crippen LogP contribution in [-0.4, -0.2) is 4.98 Å². The average molecular weight is 199 g/mol. The van der Waals surface area contributed by atoms with Crippen molar-refractivity contribution >= 4 is 10.9 Å². The molecule has 1 aliphatic carbocycles. The van der Waals surface area contributed by atoms with E-state index < -0.39 is 0 Å². The Labute approximate surface area is 90.8 Å². The minimum atomic E-state index is 1.21. The average Bonchev–Trinajstić information content (AvgIpc) is 2.80. The molecule has 0 saturated carbocycles. The van der Waals surface area contributed by atoms with Crippen LogP contribution in [0.2, 0.25) is 0 Å². The standard InChI is InChI=1S/C8H7N.C6H10/c1-2-4-8-7(3-1)5-6-9-8;1-2-4-6-5-3-1/h1-6,9H;1-2H,3-6H2. The van der Waals surface area contributed by atoms with Crippen LogP contribution >= 0.6 is 0 Å². The number of para-hydroxylation sites is 1. The molecule has 0 aliphatic heterocycles. The normalized spacial score (nSPS) is 14.7. The van der Waals surface area contributed by atoms with Crippen molar-refractivity contribution in [3.8, 4) is 0 Å². The van der Waals surface area contributed by atoms with Gasteiger partial charge in [0.15, 0.2) is 0 Å². The van der Waals surface area contributed by atoms with Gasteiger partial charge in [0, 0.05) is 11.7 Å². The maximum Gasteiger partial charge on any atom is 0.0453 e. The van der Waals surface area contributed by atoms with Gasteiger partial charge in [-0.15, -0.1) is 0 Å². The van der Waals surface area contributed by atoms with Crippen molar-refractivity contribution in [2.45, 2.75) is 25.7 Å². The molecule has 1 N–H and O–H groups in total. The number of aromatic nitrogens is 1. The summed E-state index contributed by atoms with van der Waals surface area (Å²) in [5, 5.41) is 1.28. The lowest BCUT2D eigenvalue weighted by Gasteiger charge is -1.97. The predicted octanol–water partition coefficient (Wildman–Crippen LogP) is 4.28. The molecule has 0 unspecified atom stereocenters. The number of hydrogen-bond donors (Lipinski definition) is 1. The third-order valence-corrected chi connectivity index (χ3v) is 2.62. The van der Waals surface area contributed by atoms with Gasteiger partial charge in [0.05, 0.1) is 0 Å². The number of benzene rings is 1. The van der Waals surface area contributed by atoms with Crippen LogP contribution in [0.5, 0.6) is 0 Å². The van der Waals surface area contributed by atoms with E-state index in [9.17, 15) is 0 Å². The molecule has 0 amide bonds. The molecular formula is C14H17N. The van der Waals surface area contributed by atoms with Crippen LogP contribution in [0.15, 0.2) is 48.7 Å². The molecule has 0 radical (unpaired) electrons. The summed E-state index contributed by atoms with van der Waals surface area (Å²) in [5.41, 5.74) is 1.21. The zero-order chi connectivity index (χ0) is 10.3. The summed E-state index contributed by atoms with van der Waals surface area (Å²) >= 11 is 0. The highest BCUT2D eigenvalue weighted by Gasteiger charge is 1.87. The van der Waals surface area contributed by atoms with Gasteiger partial charge in [-0.25, -0.2) is 0 Å². The molecule has 1 aliphatic rings. The molecule has 2 aromatic rings. The molecule has 0 atom stereocenters. The summed E-state index contributed by atoms with van der Waals surface area (Å²) in [6.45, 7) is 0. The Hall–Kier alpha value is -1.50. The molecule has 3 rings (SSSR count). The van der Waals surface area contributed by atoms with Gasteiger partial charge < -0.3 is 4.98 Å². The number of fused-ring (bicyclic) bond motifs is 1. The van der Waals surface area contributed by atoms with Crippen LogP contribution in [0.1, 0.15) is 25.7 Å². The zero-order valence-electron chi connectivity index (χ0n) is 8.95. The van der Waals surface area contributed by atoms with Crippen molar-refractivity contribution in [3.05, 3.63) is 48.7 Å². The van der Waals surface area contributed by atoms with Crippen molar-refractivity contribution in [1.29, 1.82) is 0 Å². The summed E-state index contributed by atoms with van der Waals surface area (Å²) in [5.74, 6) is 0. The second kappa shape index (κ2) is 5.40. The van der Waals surface area contributed by atoms with Gasteiger partial charge in [0.1, 0.15) is 0 Å². The number of nitrogens with one attached hydrogen (secondary N) is 1. The Bertz CT molecular complexity index is 387. The first-order valence-electron chi connectivity index (χ1n) is 5.64. The maximum atomic E-state index is 3.12. The number of H-pyrrole nitrogens is 1. The van der Waals surface area contributed by atoms with E-state index in [1.165, 1.54) is 36.6 Å². The fourth-order valence-corrected chi connectivity index (χ4v) is 1.76. The largest absolute Gasteiger partial charge is 0.361 e. The molecule has 0 saturated heterocycles. The molecule has 1 heterocycles. The Morgan fingerprint density at radius 2 is 1.60 bits per heavy atom. The molecule has 1 heteroatoms. The molecule has 1 aromatic heterocycles. The van der Waals surface area contributed by atoms with Crippen molar-refractivity contribution < 1.29 is 0 Å². The minimum absolute atomic E-state index is 1.21. The van der Waals surface area contributed by atoms with E-state index in [0.717, 1.165) is 0 Å². The van der Waals surface area contributed by atoms with Crippen molar-refractivity contribution in [3.63, 3.8) is 0 Å². The van der Waals surface area contributed by atoms with Crippen LogP contribution in [0, 0.1) is 0 Å². The smallest absolute Gasteiger partial charge is 0.0453 e. The van der Waals surface area contributed by atoms with Gasteiger partial charge in [-0.05, 0) is 43.2 Å². The third kappa shape index (κ3) is 2.98. The van der Waals surface area contributed by atoms with Crippen LogP contribution in [-0.2, 0) is 0 Å². The highest BCUT2D eigenvalue weighted by Crippen LogP contribution is 2.09. The lowest BCUT2D eigenvalue weighted by molar-refractivity contribution is 0.730. The molecule has 1 aromatic carbocycles.